The van der Waals surface area contributed by atoms with Gasteiger partial charge in [0.2, 0.25) is 0 Å². The molecule has 1 aliphatic rings. The lowest BCUT2D eigenvalue weighted by molar-refractivity contribution is -0.159. The number of aromatic nitrogens is 3. The molecule has 1 aromatic heterocycles. The molecule has 6 nitrogen and oxygen atoms in total. The van der Waals surface area contributed by atoms with Gasteiger partial charge >= 0.3 is 0 Å². The fourth-order valence-corrected chi connectivity index (χ4v) is 2.10. The summed E-state index contributed by atoms with van der Waals surface area (Å²) in [5.74, 6) is -0.665. The SMILES string of the molecule is CC1(C)OCC(C(O)n2nnc3ccccc32)O1. The van der Waals surface area contributed by atoms with Gasteiger partial charge in [-0.25, -0.2) is 4.68 Å². The van der Waals surface area contributed by atoms with Gasteiger partial charge in [-0.3, -0.25) is 0 Å². The Kier molecular flexibility index (Phi) is 2.58. The number of fused-ring (bicyclic) bond motifs is 1. The molecule has 2 heterocycles. The molecule has 2 atom stereocenters. The van der Waals surface area contributed by atoms with Gasteiger partial charge in [-0.2, -0.15) is 0 Å². The van der Waals surface area contributed by atoms with Crippen LogP contribution in [0.4, 0.5) is 0 Å². The van der Waals surface area contributed by atoms with E-state index >= 15 is 0 Å². The van der Waals surface area contributed by atoms with Crippen molar-refractivity contribution in [1.29, 1.82) is 0 Å². The van der Waals surface area contributed by atoms with E-state index in [1.165, 1.54) is 4.68 Å². The molecule has 0 aliphatic carbocycles. The standard InChI is InChI=1S/C12H15N3O3/c1-12(2)17-7-10(18-12)11(16)15-9-6-4-3-5-8(9)13-14-15/h3-6,10-11,16H,7H2,1-2H3. The maximum Gasteiger partial charge on any atom is 0.178 e. The number of hydrogen-bond donors (Lipinski definition) is 1. The maximum absolute atomic E-state index is 10.3. The number of ether oxygens (including phenoxy) is 2. The Morgan fingerprint density at radius 3 is 2.94 bits per heavy atom. The fraction of sp³-hybridized carbons (Fsp3) is 0.500. The van der Waals surface area contributed by atoms with Crippen LogP contribution < -0.4 is 0 Å². The van der Waals surface area contributed by atoms with Gasteiger partial charge in [-0.1, -0.05) is 17.3 Å². The number of rotatable bonds is 2. The number of nitrogens with zero attached hydrogens (tertiary/aromatic N) is 3. The molecule has 96 valence electrons. The summed E-state index contributed by atoms with van der Waals surface area (Å²) in [4.78, 5) is 0. The third-order valence-corrected chi connectivity index (χ3v) is 2.99. The zero-order valence-corrected chi connectivity index (χ0v) is 10.3. The van der Waals surface area contributed by atoms with E-state index in [0.717, 1.165) is 11.0 Å². The van der Waals surface area contributed by atoms with Gasteiger partial charge < -0.3 is 14.6 Å². The highest BCUT2D eigenvalue weighted by Crippen LogP contribution is 2.28. The van der Waals surface area contributed by atoms with Gasteiger partial charge in [0.05, 0.1) is 12.1 Å². The Morgan fingerprint density at radius 1 is 1.44 bits per heavy atom. The van der Waals surface area contributed by atoms with Crippen molar-refractivity contribution in [2.45, 2.75) is 32.0 Å². The van der Waals surface area contributed by atoms with Crippen molar-refractivity contribution in [2.75, 3.05) is 6.61 Å². The summed E-state index contributed by atoms with van der Waals surface area (Å²) in [6.07, 6.45) is -1.34. The van der Waals surface area contributed by atoms with Crippen LogP contribution in [-0.4, -0.2) is 38.6 Å². The zero-order valence-electron chi connectivity index (χ0n) is 10.3. The predicted molar refractivity (Wildman–Crippen MR) is 63.7 cm³/mol. The van der Waals surface area contributed by atoms with Crippen LogP contribution in [0.15, 0.2) is 24.3 Å². The molecule has 1 aliphatic heterocycles. The van der Waals surface area contributed by atoms with Crippen molar-refractivity contribution < 1.29 is 14.6 Å². The molecular formula is C12H15N3O3. The monoisotopic (exact) mass is 249 g/mol. The molecule has 6 heteroatoms. The molecule has 18 heavy (non-hydrogen) atoms. The third-order valence-electron chi connectivity index (χ3n) is 2.99. The van der Waals surface area contributed by atoms with E-state index in [0.29, 0.717) is 6.61 Å². The van der Waals surface area contributed by atoms with Crippen molar-refractivity contribution >= 4 is 11.0 Å². The fourth-order valence-electron chi connectivity index (χ4n) is 2.10. The molecule has 0 spiro atoms. The molecule has 0 radical (unpaired) electrons. The number of benzene rings is 1. The van der Waals surface area contributed by atoms with Crippen molar-refractivity contribution in [3.05, 3.63) is 24.3 Å². The van der Waals surface area contributed by atoms with Crippen molar-refractivity contribution in [3.8, 4) is 0 Å². The number of hydrogen-bond acceptors (Lipinski definition) is 5. The summed E-state index contributed by atoms with van der Waals surface area (Å²) in [5.41, 5.74) is 1.52. The van der Waals surface area contributed by atoms with E-state index < -0.39 is 18.1 Å². The summed E-state index contributed by atoms with van der Waals surface area (Å²) in [6.45, 7) is 3.97. The summed E-state index contributed by atoms with van der Waals surface area (Å²) < 4.78 is 12.5. The van der Waals surface area contributed by atoms with E-state index in [2.05, 4.69) is 10.3 Å². The van der Waals surface area contributed by atoms with E-state index in [1.54, 1.807) is 0 Å². The zero-order chi connectivity index (χ0) is 12.8. The lowest BCUT2D eigenvalue weighted by Crippen LogP contribution is -2.29. The summed E-state index contributed by atoms with van der Waals surface area (Å²) in [7, 11) is 0. The lowest BCUT2D eigenvalue weighted by Gasteiger charge is -2.20. The molecule has 1 saturated heterocycles. The van der Waals surface area contributed by atoms with Gasteiger partial charge in [0, 0.05) is 0 Å². The molecule has 2 aromatic rings. The Morgan fingerprint density at radius 2 is 2.22 bits per heavy atom. The topological polar surface area (TPSA) is 69.4 Å². The minimum Gasteiger partial charge on any atom is -0.369 e. The minimum atomic E-state index is -0.904. The second-order valence-corrected chi connectivity index (χ2v) is 4.80. The summed E-state index contributed by atoms with van der Waals surface area (Å²) in [6, 6.07) is 7.47. The van der Waals surface area contributed by atoms with Gasteiger partial charge in [-0.15, -0.1) is 5.10 Å². The van der Waals surface area contributed by atoms with E-state index in [1.807, 2.05) is 38.1 Å². The predicted octanol–water partition coefficient (Wildman–Crippen LogP) is 1.07. The Balaban J connectivity index is 1.91. The number of aliphatic hydroxyl groups is 1. The highest BCUT2D eigenvalue weighted by molar-refractivity contribution is 5.73. The smallest absolute Gasteiger partial charge is 0.178 e. The van der Waals surface area contributed by atoms with Crippen LogP contribution in [0.25, 0.3) is 11.0 Å². The molecule has 1 fully saturated rings. The number of para-hydroxylation sites is 1. The quantitative estimate of drug-likeness (QED) is 0.862. The Bertz CT molecular complexity index is 566. The molecule has 3 rings (SSSR count). The molecule has 0 saturated carbocycles. The van der Waals surface area contributed by atoms with E-state index in [-0.39, 0.29) is 0 Å². The molecule has 0 amide bonds. The minimum absolute atomic E-state index is 0.336. The first-order chi connectivity index (χ1) is 8.57. The highest BCUT2D eigenvalue weighted by atomic mass is 16.7. The Labute approximate surface area is 104 Å². The molecular weight excluding hydrogens is 234 g/mol. The van der Waals surface area contributed by atoms with Crippen molar-refractivity contribution in [2.24, 2.45) is 0 Å². The van der Waals surface area contributed by atoms with Crippen LogP contribution in [0, 0.1) is 0 Å². The largest absolute Gasteiger partial charge is 0.369 e. The van der Waals surface area contributed by atoms with Gasteiger partial charge in [-0.05, 0) is 26.0 Å². The average Bonchev–Trinajstić information content (AvgIpc) is 2.91. The lowest BCUT2D eigenvalue weighted by atomic mass is 10.3. The first-order valence-corrected chi connectivity index (χ1v) is 5.87. The van der Waals surface area contributed by atoms with Crippen LogP contribution in [0.2, 0.25) is 0 Å². The third kappa shape index (κ3) is 1.88. The first kappa shape index (κ1) is 11.6. The average molecular weight is 249 g/mol. The highest BCUT2D eigenvalue weighted by Gasteiger charge is 2.38. The van der Waals surface area contributed by atoms with Gasteiger partial charge in [0.25, 0.3) is 0 Å². The first-order valence-electron chi connectivity index (χ1n) is 5.87. The van der Waals surface area contributed by atoms with Crippen LogP contribution in [0.3, 0.4) is 0 Å². The molecule has 1 aromatic carbocycles. The summed E-state index contributed by atoms with van der Waals surface area (Å²) >= 11 is 0. The van der Waals surface area contributed by atoms with E-state index in [9.17, 15) is 5.11 Å². The van der Waals surface area contributed by atoms with Crippen LogP contribution >= 0.6 is 0 Å². The van der Waals surface area contributed by atoms with Crippen molar-refractivity contribution in [3.63, 3.8) is 0 Å². The molecule has 1 N–H and O–H groups in total. The maximum atomic E-state index is 10.3. The second kappa shape index (κ2) is 4.01. The van der Waals surface area contributed by atoms with Crippen LogP contribution in [0.1, 0.15) is 20.1 Å². The van der Waals surface area contributed by atoms with E-state index in [4.69, 9.17) is 9.47 Å². The van der Waals surface area contributed by atoms with Crippen molar-refractivity contribution in [1.82, 2.24) is 15.0 Å². The second-order valence-electron chi connectivity index (χ2n) is 4.80. The van der Waals surface area contributed by atoms with Gasteiger partial charge in [0.15, 0.2) is 12.0 Å². The molecule has 0 bridgehead atoms. The number of aliphatic hydroxyl groups excluding tert-OH is 1. The normalized spacial score (nSPS) is 24.5. The van der Waals surface area contributed by atoms with Crippen LogP contribution in [-0.2, 0) is 9.47 Å². The molecule has 2 unspecified atom stereocenters. The summed E-state index contributed by atoms with van der Waals surface area (Å²) in [5, 5.41) is 18.3. The van der Waals surface area contributed by atoms with Gasteiger partial charge in [0.1, 0.15) is 11.6 Å². The Hall–Kier alpha value is -1.50. The van der Waals surface area contributed by atoms with Crippen LogP contribution in [0.5, 0.6) is 0 Å².